The van der Waals surface area contributed by atoms with Gasteiger partial charge in [0, 0.05) is 6.92 Å². The number of carbonyl (C=O) groups is 2. The van der Waals surface area contributed by atoms with Gasteiger partial charge >= 0.3 is 5.97 Å². The van der Waals surface area contributed by atoms with E-state index in [1.54, 1.807) is 17.0 Å². The topological polar surface area (TPSA) is 55.8 Å². The van der Waals surface area contributed by atoms with E-state index in [1.165, 1.54) is 14.0 Å². The molecule has 1 amide bonds. The molecule has 1 heterocycles. The van der Waals surface area contributed by atoms with E-state index in [4.69, 9.17) is 4.74 Å². The van der Waals surface area contributed by atoms with Crippen molar-refractivity contribution in [2.45, 2.75) is 6.92 Å². The summed E-state index contributed by atoms with van der Waals surface area (Å²) in [4.78, 5) is 24.7. The zero-order valence-corrected chi connectivity index (χ0v) is 11.6. The van der Waals surface area contributed by atoms with Gasteiger partial charge in [0.25, 0.3) is 0 Å². The molecule has 1 aromatic rings. The van der Waals surface area contributed by atoms with Gasteiger partial charge in [-0.1, -0.05) is 0 Å². The highest BCUT2D eigenvalue weighted by atomic mass is 79.9. The molecule has 1 aromatic carbocycles. The van der Waals surface area contributed by atoms with Crippen LogP contribution in [0, 0.1) is 0 Å². The van der Waals surface area contributed by atoms with Crippen LogP contribution in [0.25, 0.3) is 0 Å². The summed E-state index contributed by atoms with van der Waals surface area (Å²) < 4.78 is 10.8. The molecule has 5 nitrogen and oxygen atoms in total. The highest BCUT2D eigenvalue weighted by Gasteiger charge is 2.25. The molecule has 0 aliphatic carbocycles. The van der Waals surface area contributed by atoms with Gasteiger partial charge in [-0.2, -0.15) is 0 Å². The molecule has 0 fully saturated rings. The van der Waals surface area contributed by atoms with Crippen LogP contribution >= 0.6 is 15.9 Å². The van der Waals surface area contributed by atoms with Crippen LogP contribution in [0.2, 0.25) is 0 Å². The number of fused-ring (bicyclic) bond motifs is 1. The Morgan fingerprint density at radius 2 is 2.17 bits per heavy atom. The van der Waals surface area contributed by atoms with Crippen molar-refractivity contribution in [2.75, 3.05) is 25.2 Å². The number of esters is 1. The molecular formula is C12H12BrNO4. The first-order valence-corrected chi connectivity index (χ1v) is 6.16. The number of rotatable bonds is 1. The normalized spacial score (nSPS) is 13.6. The zero-order valence-electron chi connectivity index (χ0n) is 10.0. The Morgan fingerprint density at radius 1 is 1.44 bits per heavy atom. The van der Waals surface area contributed by atoms with Crippen LogP contribution < -0.4 is 9.64 Å². The number of carbonyl (C=O) groups excluding carboxylic acids is 2. The zero-order chi connectivity index (χ0) is 13.3. The van der Waals surface area contributed by atoms with E-state index >= 15 is 0 Å². The van der Waals surface area contributed by atoms with Crippen LogP contribution in [-0.4, -0.2) is 32.1 Å². The fourth-order valence-electron chi connectivity index (χ4n) is 1.84. The molecule has 0 saturated heterocycles. The predicted molar refractivity (Wildman–Crippen MR) is 69.0 cm³/mol. The lowest BCUT2D eigenvalue weighted by Crippen LogP contribution is -2.36. The average Bonchev–Trinajstić information content (AvgIpc) is 2.36. The Labute approximate surface area is 113 Å². The molecule has 1 aliphatic rings. The molecule has 0 atom stereocenters. The smallest absolute Gasteiger partial charge is 0.337 e. The van der Waals surface area contributed by atoms with Gasteiger partial charge in [0.05, 0.1) is 29.4 Å². The van der Waals surface area contributed by atoms with E-state index in [-0.39, 0.29) is 5.91 Å². The third kappa shape index (κ3) is 2.20. The molecule has 1 aliphatic heterocycles. The standard InChI is InChI=1S/C12H12BrNO4/c1-7(15)14-3-4-18-11-9(13)5-8(6-10(11)14)12(16)17-2/h5-6H,3-4H2,1-2H3. The Kier molecular flexibility index (Phi) is 3.56. The number of ether oxygens (including phenoxy) is 2. The van der Waals surface area contributed by atoms with Gasteiger partial charge in [0.2, 0.25) is 5.91 Å². The van der Waals surface area contributed by atoms with Crippen molar-refractivity contribution in [2.24, 2.45) is 0 Å². The summed E-state index contributed by atoms with van der Waals surface area (Å²) in [6.07, 6.45) is 0. The molecule has 0 bridgehead atoms. The highest BCUT2D eigenvalue weighted by Crippen LogP contribution is 2.39. The quantitative estimate of drug-likeness (QED) is 0.744. The molecule has 0 aromatic heterocycles. The van der Waals surface area contributed by atoms with Gasteiger partial charge in [-0.15, -0.1) is 0 Å². The first kappa shape index (κ1) is 12.9. The minimum atomic E-state index is -0.451. The maximum atomic E-state index is 11.6. The average molecular weight is 314 g/mol. The van der Waals surface area contributed by atoms with Crippen molar-refractivity contribution < 1.29 is 19.1 Å². The Hall–Kier alpha value is -1.56. The van der Waals surface area contributed by atoms with E-state index in [1.807, 2.05) is 0 Å². The van der Waals surface area contributed by atoms with Gasteiger partial charge in [-0.3, -0.25) is 4.79 Å². The van der Waals surface area contributed by atoms with Gasteiger partial charge < -0.3 is 14.4 Å². The second-order valence-corrected chi connectivity index (χ2v) is 4.67. The lowest BCUT2D eigenvalue weighted by molar-refractivity contribution is -0.116. The van der Waals surface area contributed by atoms with Crippen LogP contribution in [0.15, 0.2) is 16.6 Å². The maximum Gasteiger partial charge on any atom is 0.337 e. The maximum absolute atomic E-state index is 11.6. The molecule has 0 unspecified atom stereocenters. The summed E-state index contributed by atoms with van der Waals surface area (Å²) in [7, 11) is 1.31. The van der Waals surface area contributed by atoms with Crippen molar-refractivity contribution in [3.05, 3.63) is 22.2 Å². The van der Waals surface area contributed by atoms with Crippen LogP contribution in [0.3, 0.4) is 0 Å². The van der Waals surface area contributed by atoms with Crippen molar-refractivity contribution in [1.82, 2.24) is 0 Å². The third-order valence-corrected chi connectivity index (χ3v) is 3.27. The molecule has 2 rings (SSSR count). The first-order chi connectivity index (χ1) is 8.54. The summed E-state index contributed by atoms with van der Waals surface area (Å²) in [5, 5.41) is 0. The number of nitrogens with zero attached hydrogens (tertiary/aromatic N) is 1. The van der Waals surface area contributed by atoms with Crippen molar-refractivity contribution in [1.29, 1.82) is 0 Å². The number of benzene rings is 1. The number of halogens is 1. The van der Waals surface area contributed by atoms with E-state index in [0.29, 0.717) is 34.6 Å². The molecule has 0 N–H and O–H groups in total. The molecule has 0 saturated carbocycles. The largest absolute Gasteiger partial charge is 0.488 e. The summed E-state index contributed by atoms with van der Waals surface area (Å²) in [6, 6.07) is 3.22. The Balaban J connectivity index is 2.54. The Bertz CT molecular complexity index is 515. The predicted octanol–water partition coefficient (Wildman–Crippen LogP) is 1.98. The van der Waals surface area contributed by atoms with Crippen LogP contribution in [0.4, 0.5) is 5.69 Å². The third-order valence-electron chi connectivity index (χ3n) is 2.68. The monoisotopic (exact) mass is 313 g/mol. The van der Waals surface area contributed by atoms with E-state index < -0.39 is 5.97 Å². The van der Waals surface area contributed by atoms with Crippen molar-refractivity contribution in [3.8, 4) is 5.75 Å². The number of methoxy groups -OCH3 is 1. The summed E-state index contributed by atoms with van der Waals surface area (Å²) >= 11 is 3.34. The van der Waals surface area contributed by atoms with Crippen molar-refractivity contribution in [3.63, 3.8) is 0 Å². The van der Waals surface area contributed by atoms with Crippen molar-refractivity contribution >= 4 is 33.5 Å². The molecule has 96 valence electrons. The first-order valence-electron chi connectivity index (χ1n) is 5.37. The summed E-state index contributed by atoms with van der Waals surface area (Å²) in [6.45, 7) is 2.38. The van der Waals surface area contributed by atoms with Crippen LogP contribution in [0.5, 0.6) is 5.75 Å². The summed E-state index contributed by atoms with van der Waals surface area (Å²) in [5.41, 5.74) is 0.961. The second kappa shape index (κ2) is 4.97. The van der Waals surface area contributed by atoms with E-state index in [0.717, 1.165) is 0 Å². The fraction of sp³-hybridized carbons (Fsp3) is 0.333. The lowest BCUT2D eigenvalue weighted by atomic mass is 10.1. The molecule has 0 spiro atoms. The molecular weight excluding hydrogens is 302 g/mol. The summed E-state index contributed by atoms with van der Waals surface area (Å²) in [5.74, 6) is 0.0325. The van der Waals surface area contributed by atoms with Gasteiger partial charge in [-0.05, 0) is 28.1 Å². The molecule has 0 radical (unpaired) electrons. The number of amides is 1. The van der Waals surface area contributed by atoms with Crippen LogP contribution in [0.1, 0.15) is 17.3 Å². The minimum Gasteiger partial charge on any atom is -0.488 e. The van der Waals surface area contributed by atoms with Gasteiger partial charge in [0.1, 0.15) is 6.61 Å². The van der Waals surface area contributed by atoms with Gasteiger partial charge in [-0.25, -0.2) is 4.79 Å². The number of hydrogen-bond acceptors (Lipinski definition) is 4. The highest BCUT2D eigenvalue weighted by molar-refractivity contribution is 9.10. The molecule has 6 heteroatoms. The fourth-order valence-corrected chi connectivity index (χ4v) is 2.41. The number of hydrogen-bond donors (Lipinski definition) is 0. The second-order valence-electron chi connectivity index (χ2n) is 3.82. The minimum absolute atomic E-state index is 0.0894. The van der Waals surface area contributed by atoms with E-state index in [9.17, 15) is 9.59 Å². The van der Waals surface area contributed by atoms with Gasteiger partial charge in [0.15, 0.2) is 5.75 Å². The lowest BCUT2D eigenvalue weighted by Gasteiger charge is -2.29. The number of anilines is 1. The SMILES string of the molecule is COC(=O)c1cc(Br)c2c(c1)N(C(C)=O)CCO2. The van der Waals surface area contributed by atoms with E-state index in [2.05, 4.69) is 20.7 Å². The molecule has 18 heavy (non-hydrogen) atoms. The Morgan fingerprint density at radius 3 is 2.78 bits per heavy atom. The van der Waals surface area contributed by atoms with Crippen LogP contribution in [-0.2, 0) is 9.53 Å².